The minimum atomic E-state index is -3.15. The molecule has 0 unspecified atom stereocenters. The van der Waals surface area contributed by atoms with E-state index in [-0.39, 0.29) is 12.1 Å². The summed E-state index contributed by atoms with van der Waals surface area (Å²) < 4.78 is 29.1. The summed E-state index contributed by atoms with van der Waals surface area (Å²) in [6.07, 6.45) is 2.99. The van der Waals surface area contributed by atoms with Gasteiger partial charge in [0.05, 0.1) is 12.9 Å². The second kappa shape index (κ2) is 9.56. The van der Waals surface area contributed by atoms with Gasteiger partial charge in [0.2, 0.25) is 10.0 Å². The van der Waals surface area contributed by atoms with Crippen LogP contribution in [0.25, 0.3) is 0 Å². The summed E-state index contributed by atoms with van der Waals surface area (Å²) in [5.74, 6) is 0.346. The molecule has 1 saturated heterocycles. The van der Waals surface area contributed by atoms with Crippen LogP contribution in [0.5, 0.6) is 0 Å². The standard InChI is InChI=1S/C13H27N5O4S/c1-3-22-13(19)18-9-5-11(6-10-18)17-12(14)15-7-4-8-16-23(2,20)21/h11,16H,3-10H2,1-2H3,(H3,14,15,17). The number of ether oxygens (including phenoxy) is 1. The minimum absolute atomic E-state index is 0.179. The number of hydrogen-bond donors (Lipinski definition) is 3. The maximum atomic E-state index is 11.6. The molecule has 0 aromatic carbocycles. The van der Waals surface area contributed by atoms with Gasteiger partial charge in [0.25, 0.3) is 0 Å². The summed E-state index contributed by atoms with van der Waals surface area (Å²) in [4.78, 5) is 17.4. The molecule has 0 saturated carbocycles. The number of guanidine groups is 1. The topological polar surface area (TPSA) is 126 Å². The molecule has 10 heteroatoms. The molecule has 1 rings (SSSR count). The second-order valence-corrected chi connectivity index (χ2v) is 7.22. The molecule has 0 aliphatic carbocycles. The average Bonchev–Trinajstić information content (AvgIpc) is 2.46. The van der Waals surface area contributed by atoms with Crippen LogP contribution in [0.2, 0.25) is 0 Å². The molecule has 1 aliphatic rings. The monoisotopic (exact) mass is 349 g/mol. The molecule has 1 heterocycles. The van der Waals surface area contributed by atoms with Crippen LogP contribution < -0.4 is 15.8 Å². The number of nitrogens with two attached hydrogens (primary N) is 1. The molecular weight excluding hydrogens is 322 g/mol. The first-order chi connectivity index (χ1) is 10.8. The number of amides is 1. The van der Waals surface area contributed by atoms with Gasteiger partial charge in [-0.25, -0.2) is 17.9 Å². The lowest BCUT2D eigenvalue weighted by Gasteiger charge is -2.31. The maximum Gasteiger partial charge on any atom is 0.409 e. The van der Waals surface area contributed by atoms with E-state index in [1.165, 1.54) is 0 Å². The second-order valence-electron chi connectivity index (χ2n) is 5.39. The summed E-state index contributed by atoms with van der Waals surface area (Å²) >= 11 is 0. The van der Waals surface area contributed by atoms with Gasteiger partial charge in [-0.1, -0.05) is 0 Å². The van der Waals surface area contributed by atoms with E-state index in [1.54, 1.807) is 11.8 Å². The largest absolute Gasteiger partial charge is 0.450 e. The van der Waals surface area contributed by atoms with Crippen LogP contribution in [0.4, 0.5) is 4.79 Å². The summed E-state index contributed by atoms with van der Waals surface area (Å²) in [7, 11) is -3.15. The number of hydrogen-bond acceptors (Lipinski definition) is 5. The zero-order valence-electron chi connectivity index (χ0n) is 13.7. The van der Waals surface area contributed by atoms with E-state index in [9.17, 15) is 13.2 Å². The minimum Gasteiger partial charge on any atom is -0.450 e. The SMILES string of the molecule is CCOC(=O)N1CCC(NC(N)=NCCCNS(C)(=O)=O)CC1. The lowest BCUT2D eigenvalue weighted by Crippen LogP contribution is -2.48. The van der Waals surface area contributed by atoms with E-state index in [0.717, 1.165) is 19.1 Å². The van der Waals surface area contributed by atoms with Crippen molar-refractivity contribution < 1.29 is 17.9 Å². The van der Waals surface area contributed by atoms with Crippen molar-refractivity contribution in [3.63, 3.8) is 0 Å². The predicted octanol–water partition coefficient (Wildman–Crippen LogP) is -0.549. The zero-order valence-corrected chi connectivity index (χ0v) is 14.6. The van der Waals surface area contributed by atoms with E-state index in [2.05, 4.69) is 15.0 Å². The van der Waals surface area contributed by atoms with E-state index in [0.29, 0.717) is 45.2 Å². The van der Waals surface area contributed by atoms with Gasteiger partial charge >= 0.3 is 6.09 Å². The Hall–Kier alpha value is -1.55. The molecule has 23 heavy (non-hydrogen) atoms. The van der Waals surface area contributed by atoms with Crippen molar-refractivity contribution in [1.29, 1.82) is 0 Å². The lowest BCUT2D eigenvalue weighted by molar-refractivity contribution is 0.0963. The van der Waals surface area contributed by atoms with Crippen molar-refractivity contribution in [2.75, 3.05) is 39.0 Å². The number of carbonyl (C=O) groups is 1. The van der Waals surface area contributed by atoms with Crippen LogP contribution in [-0.2, 0) is 14.8 Å². The summed E-state index contributed by atoms with van der Waals surface area (Å²) in [6, 6.07) is 0.179. The van der Waals surface area contributed by atoms with Crippen LogP contribution in [0, 0.1) is 0 Å². The Morgan fingerprint density at radius 3 is 2.61 bits per heavy atom. The number of nitrogens with zero attached hydrogens (tertiary/aromatic N) is 2. The predicted molar refractivity (Wildman–Crippen MR) is 88.7 cm³/mol. The molecule has 0 atom stereocenters. The number of nitrogens with one attached hydrogen (secondary N) is 2. The summed E-state index contributed by atoms with van der Waals surface area (Å²) in [5.41, 5.74) is 5.81. The third-order valence-corrected chi connectivity index (χ3v) is 4.08. The van der Waals surface area contributed by atoms with Crippen LogP contribution in [0.1, 0.15) is 26.2 Å². The molecule has 1 fully saturated rings. The molecule has 0 spiro atoms. The first-order valence-corrected chi connectivity index (χ1v) is 9.63. The maximum absolute atomic E-state index is 11.6. The van der Waals surface area contributed by atoms with E-state index < -0.39 is 10.0 Å². The highest BCUT2D eigenvalue weighted by molar-refractivity contribution is 7.88. The van der Waals surface area contributed by atoms with Gasteiger partial charge in [-0.05, 0) is 26.2 Å². The number of piperidine rings is 1. The van der Waals surface area contributed by atoms with Crippen molar-refractivity contribution in [3.8, 4) is 0 Å². The Kier molecular flexibility index (Phi) is 8.10. The fraction of sp³-hybridized carbons (Fsp3) is 0.846. The van der Waals surface area contributed by atoms with Gasteiger partial charge in [-0.15, -0.1) is 0 Å². The molecule has 134 valence electrons. The Labute approximate surface area is 137 Å². The van der Waals surface area contributed by atoms with Crippen molar-refractivity contribution in [1.82, 2.24) is 14.9 Å². The number of aliphatic imine (C=N–C) groups is 1. The fourth-order valence-corrected chi connectivity index (χ4v) is 2.73. The quantitative estimate of drug-likeness (QED) is 0.322. The molecule has 0 aromatic heterocycles. The van der Waals surface area contributed by atoms with Gasteiger partial charge in [-0.2, -0.15) is 0 Å². The van der Waals surface area contributed by atoms with E-state index in [1.807, 2.05) is 0 Å². The highest BCUT2D eigenvalue weighted by Gasteiger charge is 2.23. The fourth-order valence-electron chi connectivity index (χ4n) is 2.21. The van der Waals surface area contributed by atoms with Gasteiger partial charge in [0.15, 0.2) is 5.96 Å². The van der Waals surface area contributed by atoms with Crippen LogP contribution in [-0.4, -0.2) is 70.5 Å². The highest BCUT2D eigenvalue weighted by Crippen LogP contribution is 2.11. The molecular formula is C13H27N5O4S. The normalized spacial score (nSPS) is 17.1. The number of carbonyl (C=O) groups excluding carboxylic acids is 1. The Morgan fingerprint density at radius 1 is 1.39 bits per heavy atom. The Morgan fingerprint density at radius 2 is 2.04 bits per heavy atom. The average molecular weight is 349 g/mol. The van der Waals surface area contributed by atoms with Gasteiger partial charge in [0, 0.05) is 32.2 Å². The Bertz CT molecular complexity index is 500. The van der Waals surface area contributed by atoms with Crippen molar-refractivity contribution in [2.45, 2.75) is 32.2 Å². The third kappa shape index (κ3) is 8.60. The number of rotatable bonds is 7. The van der Waals surface area contributed by atoms with Crippen molar-refractivity contribution in [3.05, 3.63) is 0 Å². The van der Waals surface area contributed by atoms with E-state index >= 15 is 0 Å². The molecule has 0 bridgehead atoms. The van der Waals surface area contributed by atoms with Gasteiger partial charge < -0.3 is 20.7 Å². The summed E-state index contributed by atoms with van der Waals surface area (Å²) in [6.45, 7) is 4.21. The molecule has 1 aliphatic heterocycles. The number of likely N-dealkylation sites (tertiary alicyclic amines) is 1. The summed E-state index contributed by atoms with van der Waals surface area (Å²) in [5, 5.41) is 3.13. The molecule has 4 N–H and O–H groups in total. The first-order valence-electron chi connectivity index (χ1n) is 7.74. The molecule has 9 nitrogen and oxygen atoms in total. The van der Waals surface area contributed by atoms with Gasteiger partial charge in [0.1, 0.15) is 0 Å². The van der Waals surface area contributed by atoms with Crippen LogP contribution in [0.15, 0.2) is 4.99 Å². The zero-order chi connectivity index (χ0) is 17.3. The van der Waals surface area contributed by atoms with Crippen LogP contribution >= 0.6 is 0 Å². The lowest BCUT2D eigenvalue weighted by atomic mass is 10.1. The highest BCUT2D eigenvalue weighted by atomic mass is 32.2. The Balaban J connectivity index is 2.21. The molecule has 0 aromatic rings. The first kappa shape index (κ1) is 19.5. The van der Waals surface area contributed by atoms with E-state index in [4.69, 9.17) is 10.5 Å². The smallest absolute Gasteiger partial charge is 0.409 e. The van der Waals surface area contributed by atoms with Crippen LogP contribution in [0.3, 0.4) is 0 Å². The molecule has 1 amide bonds. The van der Waals surface area contributed by atoms with Crippen molar-refractivity contribution >= 4 is 22.1 Å². The van der Waals surface area contributed by atoms with Gasteiger partial charge in [-0.3, -0.25) is 4.99 Å². The number of sulfonamides is 1. The van der Waals surface area contributed by atoms with Crippen molar-refractivity contribution in [2.24, 2.45) is 10.7 Å². The molecule has 0 radical (unpaired) electrons. The third-order valence-electron chi connectivity index (χ3n) is 3.35.